The van der Waals surface area contributed by atoms with E-state index in [4.69, 9.17) is 19.9 Å². The topological polar surface area (TPSA) is 127 Å². The van der Waals surface area contributed by atoms with Crippen molar-refractivity contribution in [2.75, 3.05) is 27.2 Å². The number of carboxylic acid groups (broad SMARTS) is 1. The van der Waals surface area contributed by atoms with Crippen LogP contribution in [0.3, 0.4) is 0 Å². The number of amides is 2. The predicted octanol–water partition coefficient (Wildman–Crippen LogP) is 6.60. The lowest BCUT2D eigenvalue weighted by molar-refractivity contribution is 0.0694. The molecular formula is C34H34F2N4O6. The van der Waals surface area contributed by atoms with Crippen molar-refractivity contribution < 1.29 is 37.7 Å². The number of halogens is 2. The van der Waals surface area contributed by atoms with E-state index in [0.717, 1.165) is 16.7 Å². The minimum absolute atomic E-state index is 0.171. The summed E-state index contributed by atoms with van der Waals surface area (Å²) in [4.78, 5) is 31.3. The molecule has 10 nitrogen and oxygen atoms in total. The van der Waals surface area contributed by atoms with E-state index in [1.165, 1.54) is 17.0 Å². The summed E-state index contributed by atoms with van der Waals surface area (Å²) >= 11 is 0. The smallest absolute Gasteiger partial charge is 0.339 e. The summed E-state index contributed by atoms with van der Waals surface area (Å²) in [6.07, 6.45) is 0.000901. The molecule has 0 bridgehead atoms. The highest BCUT2D eigenvalue weighted by Crippen LogP contribution is 2.40. The van der Waals surface area contributed by atoms with Crippen molar-refractivity contribution in [3.05, 3.63) is 95.1 Å². The number of aromatic nitrogens is 1. The first kappa shape index (κ1) is 32.2. The lowest BCUT2D eigenvalue weighted by Gasteiger charge is -2.33. The molecule has 1 aliphatic rings. The molecule has 2 amide bonds. The number of benzene rings is 3. The molecule has 3 N–H and O–H groups in total. The number of aryl methyl sites for hydroxylation is 1. The number of nitrogens with zero attached hydrogens (tertiary/aromatic N) is 3. The SMILES string of the molecule is Cc1ccc(C(=O)O)c(Oc2nc(Oc3cccc(-c4cccc(CN)c4)c3)c(F)c(OC3CCN(C(=O)N(C)C)CC3)c2F)c1. The number of hydrogen-bond donors (Lipinski definition) is 2. The molecule has 0 atom stereocenters. The Morgan fingerprint density at radius 2 is 1.61 bits per heavy atom. The number of carbonyl (C=O) groups excluding carboxylic acids is 1. The van der Waals surface area contributed by atoms with Gasteiger partial charge in [0.15, 0.2) is 0 Å². The fourth-order valence-corrected chi connectivity index (χ4v) is 5.06. The Morgan fingerprint density at radius 1 is 0.957 bits per heavy atom. The van der Waals surface area contributed by atoms with Gasteiger partial charge in [0, 0.05) is 46.6 Å². The van der Waals surface area contributed by atoms with E-state index in [-0.39, 0.29) is 23.1 Å². The van der Waals surface area contributed by atoms with E-state index in [1.54, 1.807) is 50.2 Å². The molecule has 0 aliphatic carbocycles. The number of carboxylic acids is 1. The molecule has 240 valence electrons. The summed E-state index contributed by atoms with van der Waals surface area (Å²) in [5.74, 6) is -5.91. The van der Waals surface area contributed by atoms with Crippen LogP contribution in [0.2, 0.25) is 0 Å². The fraction of sp³-hybridized carbons (Fsp3) is 0.265. The zero-order valence-corrected chi connectivity index (χ0v) is 25.6. The van der Waals surface area contributed by atoms with Gasteiger partial charge in [-0.25, -0.2) is 9.59 Å². The molecule has 0 saturated carbocycles. The summed E-state index contributed by atoms with van der Waals surface area (Å²) in [6.45, 7) is 2.72. The molecule has 46 heavy (non-hydrogen) atoms. The molecule has 1 saturated heterocycles. The van der Waals surface area contributed by atoms with Gasteiger partial charge in [-0.2, -0.15) is 13.8 Å². The van der Waals surface area contributed by atoms with Crippen molar-refractivity contribution in [2.24, 2.45) is 5.73 Å². The summed E-state index contributed by atoms with van der Waals surface area (Å²) in [6, 6.07) is 18.5. The normalized spacial score (nSPS) is 13.3. The monoisotopic (exact) mass is 632 g/mol. The molecule has 1 fully saturated rings. The van der Waals surface area contributed by atoms with Crippen LogP contribution in [0.1, 0.15) is 34.3 Å². The number of piperidine rings is 1. The van der Waals surface area contributed by atoms with Crippen molar-refractivity contribution >= 4 is 12.0 Å². The van der Waals surface area contributed by atoms with Gasteiger partial charge in [0.2, 0.25) is 17.4 Å². The van der Waals surface area contributed by atoms with E-state index in [9.17, 15) is 14.7 Å². The number of pyridine rings is 1. The third-order valence-corrected chi connectivity index (χ3v) is 7.48. The summed E-state index contributed by atoms with van der Waals surface area (Å²) in [7, 11) is 3.29. The number of ether oxygens (including phenoxy) is 3. The third kappa shape index (κ3) is 7.18. The van der Waals surface area contributed by atoms with Crippen molar-refractivity contribution in [2.45, 2.75) is 32.4 Å². The van der Waals surface area contributed by atoms with E-state index in [0.29, 0.717) is 38.0 Å². The highest BCUT2D eigenvalue weighted by molar-refractivity contribution is 5.91. The average Bonchev–Trinajstić information content (AvgIpc) is 3.05. The summed E-state index contributed by atoms with van der Waals surface area (Å²) < 4.78 is 49.3. The van der Waals surface area contributed by atoms with Gasteiger partial charge in [0.25, 0.3) is 11.8 Å². The zero-order valence-electron chi connectivity index (χ0n) is 25.6. The second kappa shape index (κ2) is 13.8. The van der Waals surface area contributed by atoms with Crippen molar-refractivity contribution in [3.8, 4) is 40.1 Å². The van der Waals surface area contributed by atoms with Gasteiger partial charge >= 0.3 is 12.0 Å². The Morgan fingerprint density at radius 3 is 2.26 bits per heavy atom. The maximum Gasteiger partial charge on any atom is 0.339 e. The number of rotatable bonds is 9. The molecule has 0 spiro atoms. The van der Waals surface area contributed by atoms with Crippen LogP contribution in [0.4, 0.5) is 13.6 Å². The second-order valence-electron chi connectivity index (χ2n) is 11.1. The Labute approximate surface area is 264 Å². The molecule has 1 aromatic heterocycles. The van der Waals surface area contributed by atoms with Crippen LogP contribution in [0, 0.1) is 18.6 Å². The van der Waals surface area contributed by atoms with Gasteiger partial charge in [0.05, 0.1) is 0 Å². The highest BCUT2D eigenvalue weighted by Gasteiger charge is 2.31. The van der Waals surface area contributed by atoms with Crippen LogP contribution in [-0.4, -0.2) is 65.2 Å². The number of carbonyl (C=O) groups is 2. The van der Waals surface area contributed by atoms with Gasteiger partial charge in [-0.15, -0.1) is 0 Å². The maximum absolute atomic E-state index is 16.0. The minimum atomic E-state index is -1.31. The van der Waals surface area contributed by atoms with Crippen LogP contribution in [0.15, 0.2) is 66.7 Å². The Bertz CT molecular complexity index is 1760. The van der Waals surface area contributed by atoms with E-state index < -0.39 is 41.2 Å². The Hall–Kier alpha value is -5.23. The number of aromatic carboxylic acids is 1. The molecule has 1 aliphatic heterocycles. The van der Waals surface area contributed by atoms with Gasteiger partial charge in [-0.3, -0.25) is 0 Å². The summed E-state index contributed by atoms with van der Waals surface area (Å²) in [5, 5.41) is 9.67. The van der Waals surface area contributed by atoms with Gasteiger partial charge in [-0.05, 0) is 59.5 Å². The lowest BCUT2D eigenvalue weighted by Crippen LogP contribution is -2.46. The second-order valence-corrected chi connectivity index (χ2v) is 11.1. The molecule has 5 rings (SSSR count). The fourth-order valence-electron chi connectivity index (χ4n) is 5.06. The maximum atomic E-state index is 16.0. The summed E-state index contributed by atoms with van der Waals surface area (Å²) in [5.41, 5.74) is 8.73. The van der Waals surface area contributed by atoms with Crippen LogP contribution in [0.5, 0.6) is 29.0 Å². The van der Waals surface area contributed by atoms with Crippen molar-refractivity contribution in [1.29, 1.82) is 0 Å². The van der Waals surface area contributed by atoms with Gasteiger partial charge < -0.3 is 34.9 Å². The van der Waals surface area contributed by atoms with Crippen molar-refractivity contribution in [1.82, 2.24) is 14.8 Å². The molecule has 12 heteroatoms. The lowest BCUT2D eigenvalue weighted by atomic mass is 10.0. The van der Waals surface area contributed by atoms with Crippen LogP contribution < -0.4 is 19.9 Å². The quantitative estimate of drug-likeness (QED) is 0.211. The largest absolute Gasteiger partial charge is 0.484 e. The van der Waals surface area contributed by atoms with Crippen LogP contribution >= 0.6 is 0 Å². The van der Waals surface area contributed by atoms with Crippen LogP contribution in [-0.2, 0) is 6.54 Å². The van der Waals surface area contributed by atoms with Crippen LogP contribution in [0.25, 0.3) is 11.1 Å². The average molecular weight is 633 g/mol. The van der Waals surface area contributed by atoms with E-state index in [1.807, 2.05) is 30.3 Å². The molecular weight excluding hydrogens is 598 g/mol. The molecule has 0 unspecified atom stereocenters. The van der Waals surface area contributed by atoms with Crippen molar-refractivity contribution in [3.63, 3.8) is 0 Å². The minimum Gasteiger partial charge on any atom is -0.484 e. The molecule has 2 heterocycles. The first-order valence-corrected chi connectivity index (χ1v) is 14.6. The van der Waals surface area contributed by atoms with Gasteiger partial charge in [0.1, 0.15) is 23.2 Å². The number of hydrogen-bond acceptors (Lipinski definition) is 7. The number of nitrogens with two attached hydrogens (primary N) is 1. The standard InChI is InChI=1S/C34H34F2N4O6/c1-20-10-11-26(33(41)42)27(16-20)46-32-29(36)30(44-24-12-14-40(15-13-24)34(43)39(2)3)28(35)31(38-32)45-25-9-5-8-23(18-25)22-7-4-6-21(17-22)19-37/h4-11,16-18,24H,12-15,19,37H2,1-3H3,(H,41,42). The molecule has 0 radical (unpaired) electrons. The van der Waals surface area contributed by atoms with E-state index >= 15 is 8.78 Å². The number of likely N-dealkylation sites (tertiary alicyclic amines) is 1. The van der Waals surface area contributed by atoms with E-state index in [2.05, 4.69) is 4.98 Å². The molecule has 3 aromatic carbocycles. The molecule has 4 aromatic rings. The highest BCUT2D eigenvalue weighted by atomic mass is 19.1. The first-order chi connectivity index (χ1) is 22.0. The first-order valence-electron chi connectivity index (χ1n) is 14.6. The predicted molar refractivity (Wildman–Crippen MR) is 167 cm³/mol. The number of urea groups is 1. The Kier molecular flexibility index (Phi) is 9.67. The van der Waals surface area contributed by atoms with Gasteiger partial charge in [-0.1, -0.05) is 36.4 Å². The third-order valence-electron chi connectivity index (χ3n) is 7.48. The Balaban J connectivity index is 1.50. The zero-order chi connectivity index (χ0) is 33.0.